The second-order valence-electron chi connectivity index (χ2n) is 3.60. The normalized spacial score (nSPS) is 12.2. The number of methoxy groups -OCH3 is 1. The van der Waals surface area contributed by atoms with Crippen LogP contribution in [0.3, 0.4) is 0 Å². The summed E-state index contributed by atoms with van der Waals surface area (Å²) in [5, 5.41) is 9.55. The van der Waals surface area contributed by atoms with Crippen LogP contribution in [0.5, 0.6) is 5.75 Å². The molecule has 1 rings (SSSR count). The van der Waals surface area contributed by atoms with Crippen LogP contribution in [-0.2, 0) is 11.2 Å². The second-order valence-corrected chi connectivity index (χ2v) is 4.04. The Kier molecular flexibility index (Phi) is 4.19. The predicted molar refractivity (Wildman–Crippen MR) is 63.4 cm³/mol. The molecular formula is C12H15ClO3. The van der Waals surface area contributed by atoms with E-state index in [2.05, 4.69) is 0 Å². The summed E-state index contributed by atoms with van der Waals surface area (Å²) in [6.07, 6.45) is 0.753. The quantitative estimate of drug-likeness (QED) is 0.883. The van der Waals surface area contributed by atoms with E-state index < -0.39 is 11.9 Å². The smallest absolute Gasteiger partial charge is 0.310 e. The molecule has 1 aromatic carbocycles. The van der Waals surface area contributed by atoms with E-state index >= 15 is 0 Å². The molecule has 1 atom stereocenters. The van der Waals surface area contributed by atoms with Crippen LogP contribution in [-0.4, -0.2) is 18.2 Å². The predicted octanol–water partition coefficient (Wildman–Crippen LogP) is 3.10. The topological polar surface area (TPSA) is 46.5 Å². The van der Waals surface area contributed by atoms with Gasteiger partial charge in [-0.2, -0.15) is 0 Å². The molecule has 0 radical (unpaired) electrons. The van der Waals surface area contributed by atoms with Crippen LogP contribution in [0.25, 0.3) is 0 Å². The van der Waals surface area contributed by atoms with Gasteiger partial charge in [0, 0.05) is 10.6 Å². The van der Waals surface area contributed by atoms with E-state index in [1.54, 1.807) is 26.2 Å². The van der Waals surface area contributed by atoms with Crippen LogP contribution in [0.2, 0.25) is 5.02 Å². The minimum atomic E-state index is -0.886. The zero-order valence-corrected chi connectivity index (χ0v) is 10.3. The number of carboxylic acids is 1. The maximum Gasteiger partial charge on any atom is 0.310 e. The largest absolute Gasteiger partial charge is 0.496 e. The van der Waals surface area contributed by atoms with Gasteiger partial charge in [0.05, 0.1) is 13.0 Å². The first-order valence-electron chi connectivity index (χ1n) is 5.10. The van der Waals surface area contributed by atoms with Crippen molar-refractivity contribution in [3.8, 4) is 5.75 Å². The SMILES string of the molecule is CCc1cc(Cl)cc(C(C)C(=O)O)c1OC. The number of carboxylic acid groups (broad SMARTS) is 1. The Morgan fingerprint density at radius 2 is 2.19 bits per heavy atom. The number of hydrogen-bond acceptors (Lipinski definition) is 2. The van der Waals surface area contributed by atoms with Gasteiger partial charge in [0.25, 0.3) is 0 Å². The molecule has 88 valence electrons. The highest BCUT2D eigenvalue weighted by atomic mass is 35.5. The van der Waals surface area contributed by atoms with Crippen molar-refractivity contribution in [2.45, 2.75) is 26.2 Å². The number of aryl methyl sites for hydroxylation is 1. The third kappa shape index (κ3) is 2.47. The van der Waals surface area contributed by atoms with Crippen LogP contribution >= 0.6 is 11.6 Å². The summed E-state index contributed by atoms with van der Waals surface area (Å²) < 4.78 is 5.27. The molecule has 0 aliphatic heterocycles. The van der Waals surface area contributed by atoms with Crippen molar-refractivity contribution >= 4 is 17.6 Å². The average Bonchev–Trinajstić information content (AvgIpc) is 2.26. The molecule has 0 aliphatic carbocycles. The summed E-state index contributed by atoms with van der Waals surface area (Å²) in [5.74, 6) is -0.886. The van der Waals surface area contributed by atoms with Crippen LogP contribution in [0, 0.1) is 0 Å². The molecule has 0 bridgehead atoms. The zero-order chi connectivity index (χ0) is 12.3. The van der Waals surface area contributed by atoms with Gasteiger partial charge in [0.15, 0.2) is 0 Å². The first-order chi connectivity index (χ1) is 7.51. The van der Waals surface area contributed by atoms with Crippen molar-refractivity contribution in [1.82, 2.24) is 0 Å². The molecule has 0 heterocycles. The number of ether oxygens (including phenoxy) is 1. The molecule has 0 spiro atoms. The molecule has 0 amide bonds. The van der Waals surface area contributed by atoms with E-state index in [0.29, 0.717) is 16.3 Å². The Labute approximate surface area is 100.0 Å². The highest BCUT2D eigenvalue weighted by Crippen LogP contribution is 2.33. The van der Waals surface area contributed by atoms with E-state index in [4.69, 9.17) is 21.4 Å². The van der Waals surface area contributed by atoms with Gasteiger partial charge in [-0.05, 0) is 31.0 Å². The van der Waals surface area contributed by atoms with E-state index in [1.165, 1.54) is 0 Å². The Balaban J connectivity index is 3.35. The van der Waals surface area contributed by atoms with Crippen molar-refractivity contribution in [2.24, 2.45) is 0 Å². The molecule has 0 saturated carbocycles. The fraction of sp³-hybridized carbons (Fsp3) is 0.417. The maximum atomic E-state index is 11.0. The molecule has 16 heavy (non-hydrogen) atoms. The number of halogens is 1. The fourth-order valence-electron chi connectivity index (χ4n) is 1.64. The van der Waals surface area contributed by atoms with Crippen LogP contribution in [0.4, 0.5) is 0 Å². The van der Waals surface area contributed by atoms with Gasteiger partial charge in [-0.3, -0.25) is 4.79 Å². The van der Waals surface area contributed by atoms with Gasteiger partial charge >= 0.3 is 5.97 Å². The molecule has 0 aromatic heterocycles. The number of benzene rings is 1. The molecule has 0 saturated heterocycles. The van der Waals surface area contributed by atoms with Crippen molar-refractivity contribution in [3.05, 3.63) is 28.3 Å². The lowest BCUT2D eigenvalue weighted by Gasteiger charge is -2.16. The van der Waals surface area contributed by atoms with E-state index in [9.17, 15) is 4.79 Å². The molecule has 1 N–H and O–H groups in total. The van der Waals surface area contributed by atoms with E-state index in [1.807, 2.05) is 6.92 Å². The summed E-state index contributed by atoms with van der Waals surface area (Å²) in [6.45, 7) is 3.60. The summed E-state index contributed by atoms with van der Waals surface area (Å²) in [4.78, 5) is 11.0. The van der Waals surface area contributed by atoms with Crippen molar-refractivity contribution in [3.63, 3.8) is 0 Å². The monoisotopic (exact) mass is 242 g/mol. The van der Waals surface area contributed by atoms with Crippen LogP contribution < -0.4 is 4.74 Å². The average molecular weight is 243 g/mol. The van der Waals surface area contributed by atoms with Gasteiger partial charge < -0.3 is 9.84 Å². The Bertz CT molecular complexity index is 401. The number of aliphatic carboxylic acids is 1. The minimum absolute atomic E-state index is 0.542. The number of rotatable bonds is 4. The van der Waals surface area contributed by atoms with Crippen LogP contribution in [0.15, 0.2) is 12.1 Å². The summed E-state index contributed by atoms with van der Waals surface area (Å²) in [5.41, 5.74) is 1.55. The van der Waals surface area contributed by atoms with E-state index in [-0.39, 0.29) is 0 Å². The number of hydrogen-bond donors (Lipinski definition) is 1. The van der Waals surface area contributed by atoms with Crippen molar-refractivity contribution in [2.75, 3.05) is 7.11 Å². The van der Waals surface area contributed by atoms with Crippen molar-refractivity contribution < 1.29 is 14.6 Å². The minimum Gasteiger partial charge on any atom is -0.496 e. The first kappa shape index (κ1) is 12.8. The molecule has 1 unspecified atom stereocenters. The fourth-order valence-corrected chi connectivity index (χ4v) is 1.89. The lowest BCUT2D eigenvalue weighted by Crippen LogP contribution is -2.10. The highest BCUT2D eigenvalue weighted by molar-refractivity contribution is 6.30. The van der Waals surface area contributed by atoms with Gasteiger partial charge in [-0.1, -0.05) is 18.5 Å². The van der Waals surface area contributed by atoms with Crippen molar-refractivity contribution in [1.29, 1.82) is 0 Å². The van der Waals surface area contributed by atoms with Gasteiger partial charge in [-0.15, -0.1) is 0 Å². The Hall–Kier alpha value is -1.22. The maximum absolute atomic E-state index is 11.0. The molecule has 1 aromatic rings. The summed E-state index contributed by atoms with van der Waals surface area (Å²) in [7, 11) is 1.54. The Morgan fingerprint density at radius 3 is 2.62 bits per heavy atom. The van der Waals surface area contributed by atoms with Gasteiger partial charge in [0.2, 0.25) is 0 Å². The lowest BCUT2D eigenvalue weighted by molar-refractivity contribution is -0.138. The zero-order valence-electron chi connectivity index (χ0n) is 9.58. The third-order valence-electron chi connectivity index (χ3n) is 2.58. The second kappa shape index (κ2) is 5.21. The number of carbonyl (C=O) groups is 1. The molecule has 0 aliphatic rings. The van der Waals surface area contributed by atoms with E-state index in [0.717, 1.165) is 12.0 Å². The lowest BCUT2D eigenvalue weighted by atomic mass is 9.96. The summed E-state index contributed by atoms with van der Waals surface area (Å²) in [6, 6.07) is 3.46. The van der Waals surface area contributed by atoms with Crippen LogP contribution in [0.1, 0.15) is 30.9 Å². The summed E-state index contributed by atoms with van der Waals surface area (Å²) >= 11 is 5.96. The molecule has 0 fully saturated rings. The standard InChI is InChI=1S/C12H15ClO3/c1-4-8-5-9(13)6-10(11(8)16-3)7(2)12(14)15/h5-7H,4H2,1-3H3,(H,14,15). The van der Waals surface area contributed by atoms with Gasteiger partial charge in [-0.25, -0.2) is 0 Å². The molecule has 4 heteroatoms. The third-order valence-corrected chi connectivity index (χ3v) is 2.80. The highest BCUT2D eigenvalue weighted by Gasteiger charge is 2.20. The van der Waals surface area contributed by atoms with Gasteiger partial charge in [0.1, 0.15) is 5.75 Å². The first-order valence-corrected chi connectivity index (χ1v) is 5.48. The Morgan fingerprint density at radius 1 is 1.56 bits per heavy atom. The molecule has 3 nitrogen and oxygen atoms in total. The molecular weight excluding hydrogens is 228 g/mol.